The first-order valence-electron chi connectivity index (χ1n) is 7.69. The van der Waals surface area contributed by atoms with E-state index in [1.165, 1.54) is 25.6 Å². The van der Waals surface area contributed by atoms with Crippen molar-refractivity contribution in [3.05, 3.63) is 76.9 Å². The zero-order chi connectivity index (χ0) is 17.8. The molecule has 0 radical (unpaired) electrons. The van der Waals surface area contributed by atoms with Gasteiger partial charge in [0.25, 0.3) is 0 Å². The molecule has 126 valence electrons. The highest BCUT2D eigenvalue weighted by atomic mass is 32.2. The molecule has 0 amide bonds. The number of allylic oxidation sites excluding steroid dienone is 1. The van der Waals surface area contributed by atoms with Crippen LogP contribution in [0.3, 0.4) is 0 Å². The van der Waals surface area contributed by atoms with Gasteiger partial charge in [0.05, 0.1) is 5.57 Å². The van der Waals surface area contributed by atoms with Gasteiger partial charge in [0.15, 0.2) is 5.76 Å². The van der Waals surface area contributed by atoms with Crippen molar-refractivity contribution >= 4 is 35.0 Å². The molecule has 0 saturated carbocycles. The first kappa shape index (κ1) is 17.0. The minimum absolute atomic E-state index is 0.358. The molecule has 4 nitrogen and oxygen atoms in total. The SMILES string of the molecule is CC(=O)OC1=CSc2ccccc2C(OC(C)=O)=C1c1ccccc1. The van der Waals surface area contributed by atoms with Crippen molar-refractivity contribution in [1.29, 1.82) is 0 Å². The monoisotopic (exact) mass is 352 g/mol. The lowest BCUT2D eigenvalue weighted by Crippen LogP contribution is -2.06. The number of esters is 2. The van der Waals surface area contributed by atoms with Gasteiger partial charge in [0.1, 0.15) is 5.76 Å². The quantitative estimate of drug-likeness (QED) is 0.754. The molecule has 3 rings (SSSR count). The number of hydrogen-bond donors (Lipinski definition) is 0. The molecule has 1 aliphatic heterocycles. The fourth-order valence-electron chi connectivity index (χ4n) is 2.54. The molecule has 0 unspecified atom stereocenters. The molecular weight excluding hydrogens is 336 g/mol. The van der Waals surface area contributed by atoms with E-state index >= 15 is 0 Å². The van der Waals surface area contributed by atoms with Gasteiger partial charge in [-0.05, 0) is 11.6 Å². The number of rotatable bonds is 3. The van der Waals surface area contributed by atoms with Crippen LogP contribution in [0.4, 0.5) is 0 Å². The van der Waals surface area contributed by atoms with E-state index in [1.54, 1.807) is 5.41 Å². The number of benzene rings is 2. The predicted molar refractivity (Wildman–Crippen MR) is 97.2 cm³/mol. The number of fused-ring (bicyclic) bond motifs is 1. The largest absolute Gasteiger partial charge is 0.425 e. The number of carbonyl (C=O) groups excluding carboxylic acids is 2. The van der Waals surface area contributed by atoms with Crippen molar-refractivity contribution in [2.45, 2.75) is 18.7 Å². The third-order valence-electron chi connectivity index (χ3n) is 3.46. The fraction of sp³-hybridized carbons (Fsp3) is 0.100. The van der Waals surface area contributed by atoms with Crippen molar-refractivity contribution in [2.24, 2.45) is 0 Å². The molecule has 0 N–H and O–H groups in total. The highest BCUT2D eigenvalue weighted by molar-refractivity contribution is 8.02. The van der Waals surface area contributed by atoms with E-state index in [4.69, 9.17) is 9.47 Å². The van der Waals surface area contributed by atoms with Gasteiger partial charge >= 0.3 is 11.9 Å². The van der Waals surface area contributed by atoms with Crippen molar-refractivity contribution in [3.63, 3.8) is 0 Å². The smallest absolute Gasteiger partial charge is 0.308 e. The topological polar surface area (TPSA) is 52.6 Å². The van der Waals surface area contributed by atoms with Crippen LogP contribution >= 0.6 is 11.8 Å². The average molecular weight is 352 g/mol. The van der Waals surface area contributed by atoms with E-state index in [2.05, 4.69) is 0 Å². The Morgan fingerprint density at radius 1 is 0.840 bits per heavy atom. The van der Waals surface area contributed by atoms with Crippen LogP contribution < -0.4 is 0 Å². The molecule has 2 aromatic rings. The van der Waals surface area contributed by atoms with Gasteiger partial charge in [0, 0.05) is 29.7 Å². The van der Waals surface area contributed by atoms with Crippen molar-refractivity contribution in [1.82, 2.24) is 0 Å². The Labute approximate surface area is 150 Å². The van der Waals surface area contributed by atoms with Crippen LogP contribution in [0.15, 0.2) is 70.7 Å². The molecule has 0 bridgehead atoms. The lowest BCUT2D eigenvalue weighted by Gasteiger charge is -2.16. The summed E-state index contributed by atoms with van der Waals surface area (Å²) in [6.07, 6.45) is 0. The summed E-state index contributed by atoms with van der Waals surface area (Å²) < 4.78 is 11.0. The molecule has 0 saturated heterocycles. The van der Waals surface area contributed by atoms with Crippen LogP contribution in [0.1, 0.15) is 25.0 Å². The van der Waals surface area contributed by atoms with E-state index in [9.17, 15) is 9.59 Å². The van der Waals surface area contributed by atoms with Gasteiger partial charge in [-0.15, -0.1) is 0 Å². The van der Waals surface area contributed by atoms with Crippen LogP contribution in [0.2, 0.25) is 0 Å². The molecule has 0 spiro atoms. The lowest BCUT2D eigenvalue weighted by atomic mass is 9.99. The molecule has 0 atom stereocenters. The third kappa shape index (κ3) is 3.83. The Balaban J connectivity index is 2.30. The molecule has 1 aliphatic rings. The summed E-state index contributed by atoms with van der Waals surface area (Å²) in [5, 5.41) is 1.76. The summed E-state index contributed by atoms with van der Waals surface area (Å²) in [6.45, 7) is 2.70. The van der Waals surface area contributed by atoms with Crippen LogP contribution in [0, 0.1) is 0 Å². The van der Waals surface area contributed by atoms with Gasteiger partial charge in [-0.1, -0.05) is 60.3 Å². The molecule has 25 heavy (non-hydrogen) atoms. The highest BCUT2D eigenvalue weighted by Gasteiger charge is 2.25. The van der Waals surface area contributed by atoms with E-state index in [0.29, 0.717) is 17.1 Å². The Kier molecular flexibility index (Phi) is 5.05. The summed E-state index contributed by atoms with van der Waals surface area (Å²) in [7, 11) is 0. The highest BCUT2D eigenvalue weighted by Crippen LogP contribution is 2.42. The first-order valence-corrected chi connectivity index (χ1v) is 8.57. The van der Waals surface area contributed by atoms with E-state index in [1.807, 2.05) is 54.6 Å². The summed E-state index contributed by atoms with van der Waals surface area (Å²) in [4.78, 5) is 24.3. The van der Waals surface area contributed by atoms with Crippen molar-refractivity contribution in [2.75, 3.05) is 0 Å². The summed E-state index contributed by atoms with van der Waals surface area (Å²) in [6, 6.07) is 17.0. The summed E-state index contributed by atoms with van der Waals surface area (Å²) in [5.41, 5.74) is 2.15. The average Bonchev–Trinajstić information content (AvgIpc) is 2.73. The van der Waals surface area contributed by atoms with Crippen molar-refractivity contribution in [3.8, 4) is 0 Å². The number of thioether (sulfide) groups is 1. The van der Waals surface area contributed by atoms with Gasteiger partial charge in [0.2, 0.25) is 0 Å². The van der Waals surface area contributed by atoms with Gasteiger partial charge in [-0.3, -0.25) is 9.59 Å². The Morgan fingerprint density at radius 3 is 2.16 bits per heavy atom. The third-order valence-corrected chi connectivity index (χ3v) is 4.40. The van der Waals surface area contributed by atoms with Gasteiger partial charge in [-0.25, -0.2) is 0 Å². The maximum absolute atomic E-state index is 11.7. The van der Waals surface area contributed by atoms with Crippen LogP contribution in [-0.4, -0.2) is 11.9 Å². The maximum Gasteiger partial charge on any atom is 0.308 e. The fourth-order valence-corrected chi connectivity index (χ4v) is 3.38. The molecule has 5 heteroatoms. The molecule has 1 heterocycles. The number of ether oxygens (including phenoxy) is 2. The zero-order valence-electron chi connectivity index (χ0n) is 13.8. The van der Waals surface area contributed by atoms with Crippen LogP contribution in [0.5, 0.6) is 0 Å². The Morgan fingerprint density at radius 2 is 1.48 bits per heavy atom. The van der Waals surface area contributed by atoms with Gasteiger partial charge in [-0.2, -0.15) is 0 Å². The van der Waals surface area contributed by atoms with Crippen molar-refractivity contribution < 1.29 is 19.1 Å². The van der Waals surface area contributed by atoms with Gasteiger partial charge < -0.3 is 9.47 Å². The standard InChI is InChI=1S/C20H16O4S/c1-13(21)23-17-12-25-18-11-7-6-10-16(18)20(24-14(2)22)19(17)15-8-4-3-5-9-15/h3-12H,1-2H3. The minimum atomic E-state index is -0.438. The Bertz CT molecular complexity index is 882. The minimum Gasteiger partial charge on any atom is -0.425 e. The van der Waals surface area contributed by atoms with Crippen LogP contribution in [-0.2, 0) is 19.1 Å². The predicted octanol–water partition coefficient (Wildman–Crippen LogP) is 4.63. The molecule has 0 fully saturated rings. The first-order chi connectivity index (χ1) is 12.1. The molecule has 2 aromatic carbocycles. The second-order valence-electron chi connectivity index (χ2n) is 5.35. The lowest BCUT2D eigenvalue weighted by molar-refractivity contribution is -0.136. The summed E-state index contributed by atoms with van der Waals surface area (Å²) in [5.74, 6) is -0.135. The van der Waals surface area contributed by atoms with Crippen LogP contribution in [0.25, 0.3) is 11.3 Å². The molecule has 0 aliphatic carbocycles. The van der Waals surface area contributed by atoms with E-state index in [0.717, 1.165) is 16.0 Å². The Hall–Kier alpha value is -2.79. The van der Waals surface area contributed by atoms with E-state index in [-0.39, 0.29) is 0 Å². The number of hydrogen-bond acceptors (Lipinski definition) is 5. The molecular formula is C20H16O4S. The second-order valence-corrected chi connectivity index (χ2v) is 6.26. The summed E-state index contributed by atoms with van der Waals surface area (Å²) >= 11 is 1.42. The van der Waals surface area contributed by atoms with E-state index < -0.39 is 11.9 Å². The molecule has 0 aromatic heterocycles. The number of carbonyl (C=O) groups is 2. The second kappa shape index (κ2) is 7.40. The zero-order valence-corrected chi connectivity index (χ0v) is 14.6. The normalized spacial score (nSPS) is 13.4. The maximum atomic E-state index is 11.7.